The molecule has 2 heterocycles. The fourth-order valence-corrected chi connectivity index (χ4v) is 5.48. The van der Waals surface area contributed by atoms with Crippen molar-refractivity contribution in [2.75, 3.05) is 25.2 Å². The zero-order valence-corrected chi connectivity index (χ0v) is 16.2. The van der Waals surface area contributed by atoms with Crippen LogP contribution in [0.15, 0.2) is 11.1 Å². The molecular weight excluding hydrogens is 328 g/mol. The Hall–Kier alpha value is -0.170. The molecule has 2 atom stereocenters. The minimum Gasteiger partial charge on any atom is -0.352 e. The van der Waals surface area contributed by atoms with Gasteiger partial charge in [0.05, 0.1) is 0 Å². The van der Waals surface area contributed by atoms with Gasteiger partial charge in [-0.1, -0.05) is 39.5 Å². The van der Waals surface area contributed by atoms with E-state index in [2.05, 4.69) is 19.2 Å². The SMILES string of the molecule is CCCCCN[C@]1(OC)C(=O)N2C=C(SCCCCC)CS[C@H]21. The fourth-order valence-electron chi connectivity index (χ4n) is 2.92. The molecule has 1 saturated heterocycles. The largest absolute Gasteiger partial charge is 0.352 e. The summed E-state index contributed by atoms with van der Waals surface area (Å²) in [5, 5.41) is 3.44. The number of amides is 1. The third-order valence-electron chi connectivity index (χ3n) is 4.34. The number of rotatable bonds is 11. The summed E-state index contributed by atoms with van der Waals surface area (Å²) in [6.45, 7) is 5.24. The lowest BCUT2D eigenvalue weighted by Gasteiger charge is -2.54. The third-order valence-corrected chi connectivity index (χ3v) is 6.99. The molecule has 0 unspecified atom stereocenters. The minimum atomic E-state index is -0.812. The third kappa shape index (κ3) is 4.27. The second-order valence-corrected chi connectivity index (χ2v) is 8.39. The minimum absolute atomic E-state index is 0.0559. The maximum Gasteiger partial charge on any atom is 0.278 e. The standard InChI is InChI=1S/C17H30N2O2S2/c1-4-6-8-10-18-17(21-3)15(20)19-12-14(13-23-16(17)19)22-11-9-7-5-2/h12,16,18H,4-11,13H2,1-3H3/t16-,17-/m0/s1. The Morgan fingerprint density at radius 2 is 2.09 bits per heavy atom. The number of hydrogen-bond donors (Lipinski definition) is 1. The molecule has 23 heavy (non-hydrogen) atoms. The molecule has 0 aliphatic carbocycles. The molecule has 0 aromatic carbocycles. The van der Waals surface area contributed by atoms with Crippen LogP contribution in [0.25, 0.3) is 0 Å². The zero-order chi connectivity index (χ0) is 16.7. The van der Waals surface area contributed by atoms with Gasteiger partial charge in [0.2, 0.25) is 5.72 Å². The molecule has 132 valence electrons. The molecule has 1 N–H and O–H groups in total. The van der Waals surface area contributed by atoms with Crippen LogP contribution in [0.3, 0.4) is 0 Å². The van der Waals surface area contributed by atoms with Crippen molar-refractivity contribution in [3.05, 3.63) is 11.1 Å². The number of unbranched alkanes of at least 4 members (excludes halogenated alkanes) is 4. The number of carbonyl (C=O) groups is 1. The quantitative estimate of drug-likeness (QED) is 0.346. The number of ether oxygens (including phenoxy) is 1. The highest BCUT2D eigenvalue weighted by Crippen LogP contribution is 2.45. The van der Waals surface area contributed by atoms with Gasteiger partial charge in [0.15, 0.2) is 0 Å². The van der Waals surface area contributed by atoms with Gasteiger partial charge in [-0.2, -0.15) is 0 Å². The van der Waals surface area contributed by atoms with E-state index in [4.69, 9.17) is 4.74 Å². The van der Waals surface area contributed by atoms with Crippen LogP contribution >= 0.6 is 23.5 Å². The van der Waals surface area contributed by atoms with E-state index in [-0.39, 0.29) is 11.3 Å². The molecule has 1 fully saturated rings. The predicted molar refractivity (Wildman–Crippen MR) is 100 cm³/mol. The Morgan fingerprint density at radius 3 is 2.78 bits per heavy atom. The van der Waals surface area contributed by atoms with Crippen molar-refractivity contribution < 1.29 is 9.53 Å². The first-order valence-corrected chi connectivity index (χ1v) is 10.8. The highest BCUT2D eigenvalue weighted by atomic mass is 32.2. The average Bonchev–Trinajstić information content (AvgIpc) is 2.58. The monoisotopic (exact) mass is 358 g/mol. The first-order chi connectivity index (χ1) is 11.2. The van der Waals surface area contributed by atoms with Crippen molar-refractivity contribution in [1.82, 2.24) is 10.2 Å². The molecule has 1 amide bonds. The molecular formula is C17H30N2O2S2. The van der Waals surface area contributed by atoms with E-state index in [0.29, 0.717) is 0 Å². The van der Waals surface area contributed by atoms with Crippen LogP contribution in [-0.4, -0.2) is 47.1 Å². The van der Waals surface area contributed by atoms with Crippen molar-refractivity contribution in [3.63, 3.8) is 0 Å². The van der Waals surface area contributed by atoms with E-state index in [1.165, 1.54) is 37.0 Å². The Labute approximate surface area is 149 Å². The first-order valence-electron chi connectivity index (χ1n) is 8.77. The number of β-lactam (4-membered cyclic amide) rings is 1. The number of nitrogens with zero attached hydrogens (tertiary/aromatic N) is 1. The molecule has 6 heteroatoms. The van der Waals surface area contributed by atoms with Crippen LogP contribution in [-0.2, 0) is 9.53 Å². The zero-order valence-electron chi connectivity index (χ0n) is 14.6. The molecule has 0 spiro atoms. The van der Waals surface area contributed by atoms with Gasteiger partial charge in [-0.25, -0.2) is 0 Å². The Balaban J connectivity index is 1.87. The number of carbonyl (C=O) groups excluding carboxylic acids is 1. The van der Waals surface area contributed by atoms with E-state index < -0.39 is 5.72 Å². The lowest BCUT2D eigenvalue weighted by Crippen LogP contribution is -2.78. The average molecular weight is 359 g/mol. The Bertz CT molecular complexity index is 431. The molecule has 0 radical (unpaired) electrons. The van der Waals surface area contributed by atoms with Gasteiger partial charge in [0.1, 0.15) is 5.37 Å². The molecule has 2 aliphatic rings. The van der Waals surface area contributed by atoms with Crippen molar-refractivity contribution in [3.8, 4) is 0 Å². The highest BCUT2D eigenvalue weighted by Gasteiger charge is 2.62. The molecule has 0 bridgehead atoms. The van der Waals surface area contributed by atoms with E-state index in [0.717, 1.165) is 24.5 Å². The molecule has 0 saturated carbocycles. The maximum atomic E-state index is 12.6. The fraction of sp³-hybridized carbons (Fsp3) is 0.824. The maximum absolute atomic E-state index is 12.6. The van der Waals surface area contributed by atoms with Crippen molar-refractivity contribution in [2.45, 2.75) is 63.5 Å². The lowest BCUT2D eigenvalue weighted by atomic mass is 10.0. The molecule has 2 aliphatic heterocycles. The normalized spacial score (nSPS) is 26.7. The summed E-state index contributed by atoms with van der Waals surface area (Å²) in [5.74, 6) is 2.19. The van der Waals surface area contributed by atoms with Crippen molar-refractivity contribution in [1.29, 1.82) is 0 Å². The summed E-state index contributed by atoms with van der Waals surface area (Å²) < 4.78 is 5.62. The molecule has 2 rings (SSSR count). The van der Waals surface area contributed by atoms with Crippen molar-refractivity contribution >= 4 is 29.4 Å². The van der Waals surface area contributed by atoms with E-state index in [1.54, 1.807) is 7.11 Å². The van der Waals surface area contributed by atoms with Crippen LogP contribution in [0.2, 0.25) is 0 Å². The molecule has 4 nitrogen and oxygen atoms in total. The van der Waals surface area contributed by atoms with Gasteiger partial charge >= 0.3 is 0 Å². The summed E-state index contributed by atoms with van der Waals surface area (Å²) in [7, 11) is 1.64. The van der Waals surface area contributed by atoms with Crippen molar-refractivity contribution in [2.24, 2.45) is 0 Å². The number of methoxy groups -OCH3 is 1. The number of fused-ring (bicyclic) bond motifs is 1. The summed E-state index contributed by atoms with van der Waals surface area (Å²) in [6, 6.07) is 0. The van der Waals surface area contributed by atoms with E-state index >= 15 is 0 Å². The van der Waals surface area contributed by atoms with Gasteiger partial charge < -0.3 is 4.74 Å². The number of nitrogens with one attached hydrogen (secondary N) is 1. The van der Waals surface area contributed by atoms with Crippen LogP contribution in [0.4, 0.5) is 0 Å². The van der Waals surface area contributed by atoms with Crippen LogP contribution in [0.5, 0.6) is 0 Å². The molecule has 0 aromatic heterocycles. The van der Waals surface area contributed by atoms with Gasteiger partial charge in [-0.3, -0.25) is 15.0 Å². The van der Waals surface area contributed by atoms with Gasteiger partial charge in [0.25, 0.3) is 5.91 Å². The summed E-state index contributed by atoms with van der Waals surface area (Å²) in [5.41, 5.74) is -0.812. The summed E-state index contributed by atoms with van der Waals surface area (Å²) >= 11 is 3.71. The second kappa shape index (κ2) is 9.35. The smallest absolute Gasteiger partial charge is 0.278 e. The van der Waals surface area contributed by atoms with Crippen LogP contribution in [0.1, 0.15) is 52.4 Å². The van der Waals surface area contributed by atoms with E-state index in [9.17, 15) is 4.79 Å². The highest BCUT2D eigenvalue weighted by molar-refractivity contribution is 8.06. The number of thioether (sulfide) groups is 2. The van der Waals surface area contributed by atoms with Gasteiger partial charge in [0, 0.05) is 24.0 Å². The lowest BCUT2D eigenvalue weighted by molar-refractivity contribution is -0.187. The Kier molecular flexibility index (Phi) is 7.79. The first kappa shape index (κ1) is 19.2. The topological polar surface area (TPSA) is 41.6 Å². The van der Waals surface area contributed by atoms with E-state index in [1.807, 2.05) is 34.6 Å². The predicted octanol–water partition coefficient (Wildman–Crippen LogP) is 3.79. The van der Waals surface area contributed by atoms with Crippen LogP contribution in [0, 0.1) is 0 Å². The summed E-state index contributed by atoms with van der Waals surface area (Å²) in [6.07, 6.45) is 9.28. The Morgan fingerprint density at radius 1 is 1.35 bits per heavy atom. The second-order valence-electron chi connectivity index (χ2n) is 6.10. The van der Waals surface area contributed by atoms with Gasteiger partial charge in [-0.15, -0.1) is 23.5 Å². The molecule has 0 aromatic rings. The van der Waals surface area contributed by atoms with Crippen LogP contribution < -0.4 is 5.32 Å². The van der Waals surface area contributed by atoms with Gasteiger partial charge in [-0.05, 0) is 25.1 Å². The summed E-state index contributed by atoms with van der Waals surface area (Å²) in [4.78, 5) is 15.8. The number of hydrogen-bond acceptors (Lipinski definition) is 5.